The van der Waals surface area contributed by atoms with Crippen LogP contribution in [0.4, 0.5) is 0 Å². The molecule has 106 valence electrons. The molecule has 1 saturated heterocycles. The molecule has 0 bridgehead atoms. The fourth-order valence-corrected chi connectivity index (χ4v) is 3.11. The monoisotopic (exact) mass is 266 g/mol. The molecule has 2 aliphatic rings. The van der Waals surface area contributed by atoms with Gasteiger partial charge in [0.1, 0.15) is 11.9 Å². The fourth-order valence-electron chi connectivity index (χ4n) is 3.11. The second-order valence-electron chi connectivity index (χ2n) is 5.97. The first-order valence-corrected chi connectivity index (χ1v) is 6.97. The van der Waals surface area contributed by atoms with Crippen molar-refractivity contribution >= 4 is 11.8 Å². The number of fused-ring (bicyclic) bond motifs is 1. The van der Waals surface area contributed by atoms with Gasteiger partial charge in [-0.3, -0.25) is 9.59 Å². The molecule has 19 heavy (non-hydrogen) atoms. The number of ketones is 1. The molecular weight excluding hydrogens is 244 g/mol. The molecule has 4 nitrogen and oxygen atoms in total. The van der Waals surface area contributed by atoms with Crippen molar-refractivity contribution in [2.24, 2.45) is 17.8 Å². The number of aliphatic hydroxyl groups excluding tert-OH is 1. The Hall–Kier alpha value is -1.16. The molecule has 2 rings (SSSR count). The molecule has 1 fully saturated rings. The van der Waals surface area contributed by atoms with Crippen LogP contribution < -0.4 is 0 Å². The predicted octanol–water partition coefficient (Wildman–Crippen LogP) is 1.86. The Morgan fingerprint density at radius 3 is 2.68 bits per heavy atom. The van der Waals surface area contributed by atoms with Crippen molar-refractivity contribution in [2.75, 3.05) is 0 Å². The van der Waals surface area contributed by atoms with Crippen molar-refractivity contribution in [1.82, 2.24) is 0 Å². The third-order valence-electron chi connectivity index (χ3n) is 4.41. The SMILES string of the molecule is C/C1=C/CC(=O)C(C)C[C@H]2OC(=O)[C@H](C)C2[C@@H](O)C1. The number of hydrogen-bond acceptors (Lipinski definition) is 4. The van der Waals surface area contributed by atoms with Crippen LogP contribution >= 0.6 is 0 Å². The van der Waals surface area contributed by atoms with Crippen LogP contribution in [0.15, 0.2) is 11.6 Å². The molecule has 0 aromatic rings. The van der Waals surface area contributed by atoms with Gasteiger partial charge in [0.2, 0.25) is 0 Å². The number of hydrogen-bond donors (Lipinski definition) is 1. The normalized spacial score (nSPS) is 43.2. The number of carbonyl (C=O) groups excluding carboxylic acids is 2. The first kappa shape index (κ1) is 14.3. The predicted molar refractivity (Wildman–Crippen MR) is 70.3 cm³/mol. The van der Waals surface area contributed by atoms with Crippen LogP contribution in [0, 0.1) is 17.8 Å². The molecule has 1 heterocycles. The van der Waals surface area contributed by atoms with Gasteiger partial charge < -0.3 is 9.84 Å². The van der Waals surface area contributed by atoms with Crippen LogP contribution in [0.2, 0.25) is 0 Å². The van der Waals surface area contributed by atoms with Gasteiger partial charge in [-0.1, -0.05) is 25.5 Å². The fraction of sp³-hybridized carbons (Fsp3) is 0.733. The molecule has 0 amide bonds. The summed E-state index contributed by atoms with van der Waals surface area (Å²) in [5.41, 5.74) is 1.00. The summed E-state index contributed by atoms with van der Waals surface area (Å²) in [5.74, 6) is -0.724. The standard InChI is InChI=1S/C15H22O4/c1-8-4-5-11(16)9(2)7-13-14(12(17)6-8)10(3)15(18)19-13/h4,9-10,12-14,17H,5-7H2,1-3H3/b8-4-/t9?,10-,12+,13-,14?/m1/s1. The van der Waals surface area contributed by atoms with E-state index in [9.17, 15) is 14.7 Å². The van der Waals surface area contributed by atoms with E-state index in [1.165, 1.54) is 0 Å². The summed E-state index contributed by atoms with van der Waals surface area (Å²) >= 11 is 0. The third-order valence-corrected chi connectivity index (χ3v) is 4.41. The summed E-state index contributed by atoms with van der Waals surface area (Å²) in [5, 5.41) is 10.4. The number of Topliss-reactive ketones (excluding diaryl/α,β-unsaturated/α-hetero) is 1. The van der Waals surface area contributed by atoms with Gasteiger partial charge in [0.25, 0.3) is 0 Å². The van der Waals surface area contributed by atoms with E-state index >= 15 is 0 Å². The zero-order chi connectivity index (χ0) is 14.2. The first-order chi connectivity index (χ1) is 8.90. The zero-order valence-electron chi connectivity index (χ0n) is 11.8. The number of ether oxygens (including phenoxy) is 1. The van der Waals surface area contributed by atoms with Crippen molar-refractivity contribution < 1.29 is 19.4 Å². The lowest BCUT2D eigenvalue weighted by molar-refractivity contribution is -0.145. The summed E-state index contributed by atoms with van der Waals surface area (Å²) < 4.78 is 5.36. The number of esters is 1. The average Bonchev–Trinajstić information content (AvgIpc) is 2.60. The number of carbonyl (C=O) groups is 2. The Bertz CT molecular complexity index is 412. The van der Waals surface area contributed by atoms with E-state index in [0.29, 0.717) is 19.3 Å². The molecule has 0 spiro atoms. The molecule has 1 aliphatic carbocycles. The Kier molecular flexibility index (Phi) is 4.09. The molecule has 0 aromatic carbocycles. The van der Waals surface area contributed by atoms with Crippen molar-refractivity contribution in [3.63, 3.8) is 0 Å². The van der Waals surface area contributed by atoms with Crippen LogP contribution in [0.1, 0.15) is 40.0 Å². The molecule has 0 aromatic heterocycles. The first-order valence-electron chi connectivity index (χ1n) is 6.97. The van der Waals surface area contributed by atoms with Crippen LogP contribution in [0.25, 0.3) is 0 Å². The lowest BCUT2D eigenvalue weighted by atomic mass is 9.79. The smallest absolute Gasteiger partial charge is 0.309 e. The van der Waals surface area contributed by atoms with Crippen LogP contribution in [-0.2, 0) is 14.3 Å². The van der Waals surface area contributed by atoms with Gasteiger partial charge in [-0.15, -0.1) is 0 Å². The van der Waals surface area contributed by atoms with E-state index in [1.807, 2.05) is 19.9 Å². The van der Waals surface area contributed by atoms with E-state index in [2.05, 4.69) is 0 Å². The summed E-state index contributed by atoms with van der Waals surface area (Å²) in [7, 11) is 0. The zero-order valence-corrected chi connectivity index (χ0v) is 11.8. The van der Waals surface area contributed by atoms with Crippen LogP contribution in [0.3, 0.4) is 0 Å². The van der Waals surface area contributed by atoms with Crippen molar-refractivity contribution in [1.29, 1.82) is 0 Å². The number of aliphatic hydroxyl groups is 1. The van der Waals surface area contributed by atoms with Crippen LogP contribution in [-0.4, -0.2) is 29.1 Å². The lowest BCUT2D eigenvalue weighted by Gasteiger charge is -2.27. The van der Waals surface area contributed by atoms with Gasteiger partial charge >= 0.3 is 5.97 Å². The van der Waals surface area contributed by atoms with Gasteiger partial charge in [0.05, 0.1) is 12.0 Å². The minimum absolute atomic E-state index is 0.139. The third kappa shape index (κ3) is 2.89. The Morgan fingerprint density at radius 1 is 1.32 bits per heavy atom. The Morgan fingerprint density at radius 2 is 2.00 bits per heavy atom. The molecule has 0 radical (unpaired) electrons. The molecular formula is C15H22O4. The largest absolute Gasteiger partial charge is 0.462 e. The minimum Gasteiger partial charge on any atom is -0.462 e. The maximum atomic E-state index is 12.0. The van der Waals surface area contributed by atoms with Crippen molar-refractivity contribution in [3.8, 4) is 0 Å². The lowest BCUT2D eigenvalue weighted by Crippen LogP contribution is -2.34. The molecule has 1 aliphatic heterocycles. The Labute approximate surface area is 113 Å². The molecule has 2 unspecified atom stereocenters. The second-order valence-corrected chi connectivity index (χ2v) is 5.97. The molecule has 4 heteroatoms. The Balaban J connectivity index is 2.28. The van der Waals surface area contributed by atoms with E-state index in [-0.39, 0.29) is 35.6 Å². The summed E-state index contributed by atoms with van der Waals surface area (Å²) in [6.07, 6.45) is 2.41. The maximum absolute atomic E-state index is 12.0. The van der Waals surface area contributed by atoms with Crippen molar-refractivity contribution in [2.45, 2.75) is 52.2 Å². The number of rotatable bonds is 0. The van der Waals surface area contributed by atoms with E-state index in [4.69, 9.17) is 4.74 Å². The highest BCUT2D eigenvalue weighted by molar-refractivity contribution is 5.82. The van der Waals surface area contributed by atoms with E-state index in [0.717, 1.165) is 5.57 Å². The van der Waals surface area contributed by atoms with Gasteiger partial charge in [-0.2, -0.15) is 0 Å². The van der Waals surface area contributed by atoms with Gasteiger partial charge in [0.15, 0.2) is 0 Å². The van der Waals surface area contributed by atoms with E-state index < -0.39 is 6.10 Å². The summed E-state index contributed by atoms with van der Waals surface area (Å²) in [6, 6.07) is 0. The highest BCUT2D eigenvalue weighted by atomic mass is 16.6. The molecule has 1 N–H and O–H groups in total. The molecule has 0 saturated carbocycles. The van der Waals surface area contributed by atoms with E-state index in [1.54, 1.807) is 6.92 Å². The molecule has 5 atom stereocenters. The van der Waals surface area contributed by atoms with Crippen molar-refractivity contribution in [3.05, 3.63) is 11.6 Å². The van der Waals surface area contributed by atoms with Gasteiger partial charge in [0, 0.05) is 18.3 Å². The average molecular weight is 266 g/mol. The minimum atomic E-state index is -0.580. The highest BCUT2D eigenvalue weighted by Gasteiger charge is 2.46. The summed E-state index contributed by atoms with van der Waals surface area (Å²) in [4.78, 5) is 23.7. The number of allylic oxidation sites excluding steroid dienone is 1. The van der Waals surface area contributed by atoms with Crippen LogP contribution in [0.5, 0.6) is 0 Å². The highest BCUT2D eigenvalue weighted by Crippen LogP contribution is 2.37. The van der Waals surface area contributed by atoms with Gasteiger partial charge in [-0.05, 0) is 19.8 Å². The summed E-state index contributed by atoms with van der Waals surface area (Å²) in [6.45, 7) is 5.58. The quantitative estimate of drug-likeness (QED) is 0.537. The second kappa shape index (κ2) is 5.45. The maximum Gasteiger partial charge on any atom is 0.309 e. The topological polar surface area (TPSA) is 63.6 Å². The van der Waals surface area contributed by atoms with Gasteiger partial charge in [-0.25, -0.2) is 0 Å².